The summed E-state index contributed by atoms with van der Waals surface area (Å²) < 4.78 is 26.2. The molecule has 0 saturated heterocycles. The lowest BCUT2D eigenvalue weighted by Crippen LogP contribution is -2.47. The van der Waals surface area contributed by atoms with Gasteiger partial charge in [-0.2, -0.15) is 0 Å². The third-order valence-corrected chi connectivity index (χ3v) is 6.37. The molecule has 2 rings (SSSR count). The van der Waals surface area contributed by atoms with Crippen LogP contribution < -0.4 is 9.62 Å². The van der Waals surface area contributed by atoms with Crippen molar-refractivity contribution in [2.75, 3.05) is 15.9 Å². The minimum absolute atomic E-state index is 0.318. The SMILES string of the molecule is CCCCc1ccc(NC(=O)C(CC)N(c2ccc(C)c(Cl)c2)S(C)(=O)=O)cc1. The van der Waals surface area contributed by atoms with Gasteiger partial charge in [-0.15, -0.1) is 0 Å². The van der Waals surface area contributed by atoms with Crippen LogP contribution in [0, 0.1) is 6.92 Å². The quantitative estimate of drug-likeness (QED) is 0.589. The van der Waals surface area contributed by atoms with Crippen LogP contribution in [0.5, 0.6) is 0 Å². The number of carbonyl (C=O) groups excluding carboxylic acids is 1. The lowest BCUT2D eigenvalue weighted by Gasteiger charge is -2.30. The number of unbranched alkanes of at least 4 members (excludes halogenated alkanes) is 1. The highest BCUT2D eigenvalue weighted by molar-refractivity contribution is 7.92. The number of amides is 1. The molecule has 0 heterocycles. The van der Waals surface area contributed by atoms with Crippen molar-refractivity contribution in [1.29, 1.82) is 0 Å². The minimum atomic E-state index is -3.70. The Kier molecular flexibility index (Phi) is 8.11. The Labute approximate surface area is 179 Å². The number of nitrogens with zero attached hydrogens (tertiary/aromatic N) is 1. The van der Waals surface area contributed by atoms with E-state index in [0.717, 1.165) is 35.4 Å². The normalized spacial score (nSPS) is 12.4. The Hall–Kier alpha value is -2.05. The second-order valence-electron chi connectivity index (χ2n) is 7.21. The Morgan fingerprint density at radius 1 is 1.14 bits per heavy atom. The first kappa shape index (κ1) is 23.2. The monoisotopic (exact) mass is 436 g/mol. The topological polar surface area (TPSA) is 66.5 Å². The number of anilines is 2. The van der Waals surface area contributed by atoms with Crippen LogP contribution in [0.1, 0.15) is 44.2 Å². The second kappa shape index (κ2) is 10.1. The number of nitrogens with one attached hydrogen (secondary N) is 1. The molecule has 0 bridgehead atoms. The first-order chi connectivity index (χ1) is 13.7. The molecule has 0 aromatic heterocycles. The van der Waals surface area contributed by atoms with Crippen molar-refractivity contribution >= 4 is 38.9 Å². The van der Waals surface area contributed by atoms with E-state index < -0.39 is 16.1 Å². The summed E-state index contributed by atoms with van der Waals surface area (Å²) in [6, 6.07) is 11.8. The first-order valence-corrected chi connectivity index (χ1v) is 12.0. The van der Waals surface area contributed by atoms with Crippen LogP contribution in [0.3, 0.4) is 0 Å². The highest BCUT2D eigenvalue weighted by Gasteiger charge is 2.31. The molecular weight excluding hydrogens is 408 g/mol. The molecule has 158 valence electrons. The van der Waals surface area contributed by atoms with Gasteiger partial charge in [0.1, 0.15) is 6.04 Å². The van der Waals surface area contributed by atoms with Crippen LogP contribution in [-0.4, -0.2) is 26.6 Å². The summed E-state index contributed by atoms with van der Waals surface area (Å²) in [5.41, 5.74) is 3.07. The van der Waals surface area contributed by atoms with Crippen LogP contribution >= 0.6 is 11.6 Å². The lowest BCUT2D eigenvalue weighted by atomic mass is 10.1. The van der Waals surface area contributed by atoms with Gasteiger partial charge in [0.2, 0.25) is 15.9 Å². The van der Waals surface area contributed by atoms with Crippen molar-refractivity contribution in [2.24, 2.45) is 0 Å². The molecule has 0 spiro atoms. The molecule has 0 saturated carbocycles. The fourth-order valence-electron chi connectivity index (χ4n) is 3.14. The van der Waals surface area contributed by atoms with Crippen molar-refractivity contribution in [3.8, 4) is 0 Å². The van der Waals surface area contributed by atoms with E-state index in [2.05, 4.69) is 12.2 Å². The number of hydrogen-bond acceptors (Lipinski definition) is 3. The first-order valence-electron chi connectivity index (χ1n) is 9.82. The summed E-state index contributed by atoms with van der Waals surface area (Å²) in [6.07, 6.45) is 4.66. The van der Waals surface area contributed by atoms with Crippen molar-refractivity contribution < 1.29 is 13.2 Å². The fraction of sp³-hybridized carbons (Fsp3) is 0.409. The van der Waals surface area contributed by atoms with E-state index >= 15 is 0 Å². The lowest BCUT2D eigenvalue weighted by molar-refractivity contribution is -0.117. The van der Waals surface area contributed by atoms with Crippen LogP contribution in [0.2, 0.25) is 5.02 Å². The summed E-state index contributed by atoms with van der Waals surface area (Å²) >= 11 is 6.19. The molecule has 0 fully saturated rings. The molecule has 29 heavy (non-hydrogen) atoms. The Morgan fingerprint density at radius 2 is 1.79 bits per heavy atom. The molecule has 2 aromatic carbocycles. The standard InChI is InChI=1S/C22H29ClN2O3S/c1-5-7-8-17-10-12-18(13-11-17)24-22(26)21(6-2)25(29(4,27)28)19-14-9-16(3)20(23)15-19/h9-15,21H,5-8H2,1-4H3,(H,24,26). The van der Waals surface area contributed by atoms with Crippen molar-refractivity contribution in [1.82, 2.24) is 0 Å². The van der Waals surface area contributed by atoms with Gasteiger partial charge in [-0.05, 0) is 61.6 Å². The Bertz CT molecular complexity index is 943. The number of benzene rings is 2. The predicted molar refractivity (Wildman–Crippen MR) is 121 cm³/mol. The molecule has 0 aliphatic heterocycles. The van der Waals surface area contributed by atoms with Crippen molar-refractivity contribution in [3.63, 3.8) is 0 Å². The molecule has 1 N–H and O–H groups in total. The maximum atomic E-state index is 13.0. The molecule has 0 aliphatic carbocycles. The Balaban J connectivity index is 2.27. The second-order valence-corrected chi connectivity index (χ2v) is 9.47. The average Bonchev–Trinajstić information content (AvgIpc) is 2.66. The van der Waals surface area contributed by atoms with E-state index in [1.54, 1.807) is 25.1 Å². The zero-order valence-electron chi connectivity index (χ0n) is 17.4. The molecule has 1 unspecified atom stereocenters. The maximum Gasteiger partial charge on any atom is 0.248 e. The number of sulfonamides is 1. The summed E-state index contributed by atoms with van der Waals surface area (Å²) in [5.74, 6) is -0.379. The van der Waals surface area contributed by atoms with E-state index in [1.165, 1.54) is 5.56 Å². The van der Waals surface area contributed by atoms with E-state index in [0.29, 0.717) is 22.8 Å². The van der Waals surface area contributed by atoms with Gasteiger partial charge in [0.15, 0.2) is 0 Å². The minimum Gasteiger partial charge on any atom is -0.324 e. The average molecular weight is 437 g/mol. The Morgan fingerprint density at radius 3 is 2.31 bits per heavy atom. The molecule has 7 heteroatoms. The maximum absolute atomic E-state index is 13.0. The van der Waals surface area contributed by atoms with Gasteiger partial charge >= 0.3 is 0 Å². The van der Waals surface area contributed by atoms with E-state index in [9.17, 15) is 13.2 Å². The van der Waals surface area contributed by atoms with Crippen LogP contribution in [0.15, 0.2) is 42.5 Å². The molecule has 1 amide bonds. The molecule has 0 radical (unpaired) electrons. The summed E-state index contributed by atoms with van der Waals surface area (Å²) in [7, 11) is -3.70. The summed E-state index contributed by atoms with van der Waals surface area (Å²) in [4.78, 5) is 13.0. The zero-order chi connectivity index (χ0) is 21.6. The van der Waals surface area contributed by atoms with Gasteiger partial charge in [0, 0.05) is 10.7 Å². The van der Waals surface area contributed by atoms with Crippen molar-refractivity contribution in [3.05, 3.63) is 58.6 Å². The molecular formula is C22H29ClN2O3S. The van der Waals surface area contributed by atoms with Gasteiger partial charge in [-0.1, -0.05) is 50.1 Å². The van der Waals surface area contributed by atoms with Crippen LogP contribution in [0.4, 0.5) is 11.4 Å². The van der Waals surface area contributed by atoms with Crippen LogP contribution in [0.25, 0.3) is 0 Å². The van der Waals surface area contributed by atoms with E-state index in [4.69, 9.17) is 11.6 Å². The third-order valence-electron chi connectivity index (χ3n) is 4.78. The number of aryl methyl sites for hydroxylation is 2. The van der Waals surface area contributed by atoms with E-state index in [1.807, 2.05) is 31.2 Å². The highest BCUT2D eigenvalue weighted by atomic mass is 35.5. The summed E-state index contributed by atoms with van der Waals surface area (Å²) in [5, 5.41) is 3.30. The highest BCUT2D eigenvalue weighted by Crippen LogP contribution is 2.28. The fourth-order valence-corrected chi connectivity index (χ4v) is 4.52. The number of halogens is 1. The number of rotatable bonds is 9. The largest absolute Gasteiger partial charge is 0.324 e. The molecule has 2 aromatic rings. The summed E-state index contributed by atoms with van der Waals surface area (Å²) in [6.45, 7) is 5.77. The van der Waals surface area contributed by atoms with Gasteiger partial charge in [-0.25, -0.2) is 8.42 Å². The third kappa shape index (κ3) is 6.21. The molecule has 1 atom stereocenters. The van der Waals surface area contributed by atoms with Crippen LogP contribution in [-0.2, 0) is 21.2 Å². The van der Waals surface area contributed by atoms with Gasteiger partial charge in [0.25, 0.3) is 0 Å². The zero-order valence-corrected chi connectivity index (χ0v) is 19.0. The number of hydrogen-bond donors (Lipinski definition) is 1. The smallest absolute Gasteiger partial charge is 0.248 e. The van der Waals surface area contributed by atoms with Gasteiger partial charge < -0.3 is 5.32 Å². The number of carbonyl (C=O) groups is 1. The molecule has 5 nitrogen and oxygen atoms in total. The van der Waals surface area contributed by atoms with Crippen molar-refractivity contribution in [2.45, 2.75) is 52.5 Å². The molecule has 0 aliphatic rings. The van der Waals surface area contributed by atoms with E-state index in [-0.39, 0.29) is 5.91 Å². The predicted octanol–water partition coefficient (Wildman–Crippen LogP) is 5.17. The van der Waals surface area contributed by atoms with Gasteiger partial charge in [-0.3, -0.25) is 9.10 Å². The van der Waals surface area contributed by atoms with Gasteiger partial charge in [0.05, 0.1) is 11.9 Å².